The average Bonchev–Trinajstić information content (AvgIpc) is 3.07. The lowest BCUT2D eigenvalue weighted by Crippen LogP contribution is -2.47. The van der Waals surface area contributed by atoms with E-state index in [2.05, 4.69) is 55.5 Å². The Kier molecular flexibility index (Phi) is 5.77. The summed E-state index contributed by atoms with van der Waals surface area (Å²) < 4.78 is 5.93. The third-order valence-corrected chi connectivity index (χ3v) is 4.95. The second kappa shape index (κ2) is 8.04. The van der Waals surface area contributed by atoms with Crippen molar-refractivity contribution in [1.82, 2.24) is 0 Å². The summed E-state index contributed by atoms with van der Waals surface area (Å²) in [7, 11) is 0. The molecule has 4 nitrogen and oxygen atoms in total. The van der Waals surface area contributed by atoms with Gasteiger partial charge in [0.25, 0.3) is 0 Å². The summed E-state index contributed by atoms with van der Waals surface area (Å²) in [5.41, 5.74) is 9.59. The lowest BCUT2D eigenvalue weighted by molar-refractivity contribution is 0.115. The van der Waals surface area contributed by atoms with Crippen molar-refractivity contribution in [3.8, 4) is 0 Å². The third kappa shape index (κ3) is 4.52. The van der Waals surface area contributed by atoms with Crippen molar-refractivity contribution in [2.45, 2.75) is 38.1 Å². The van der Waals surface area contributed by atoms with Gasteiger partial charge in [0.1, 0.15) is 11.3 Å². The first-order valence-electron chi connectivity index (χ1n) is 9.09. The van der Waals surface area contributed by atoms with Crippen molar-refractivity contribution >= 4 is 11.0 Å². The minimum absolute atomic E-state index is 0.210. The molecule has 0 radical (unpaired) electrons. The van der Waals surface area contributed by atoms with Crippen LogP contribution >= 0.6 is 0 Å². The Morgan fingerprint density at radius 2 is 1.54 bits per heavy atom. The van der Waals surface area contributed by atoms with Gasteiger partial charge in [-0.15, -0.1) is 0 Å². The molecule has 0 amide bonds. The van der Waals surface area contributed by atoms with Crippen molar-refractivity contribution in [1.29, 1.82) is 0 Å². The molecule has 4 N–H and O–H groups in total. The summed E-state index contributed by atoms with van der Waals surface area (Å²) in [6, 6.07) is 16.8. The van der Waals surface area contributed by atoms with Gasteiger partial charge in [0.05, 0.1) is 18.8 Å². The van der Waals surface area contributed by atoms with Crippen LogP contribution in [0.1, 0.15) is 28.9 Å². The zero-order valence-electron chi connectivity index (χ0n) is 15.2. The summed E-state index contributed by atoms with van der Waals surface area (Å²) in [5, 5.41) is 19.7. The van der Waals surface area contributed by atoms with E-state index in [1.54, 1.807) is 0 Å². The van der Waals surface area contributed by atoms with E-state index in [0.717, 1.165) is 41.6 Å². The molecular formula is C22H27NO3. The van der Waals surface area contributed by atoms with Gasteiger partial charge in [-0.25, -0.2) is 0 Å². The smallest absolute Gasteiger partial charge is 0.134 e. The standard InChI is InChI=1S/C22H27NO3/c1-16-2-8-19-13-20(26-21(19)12-16)9-7-17-3-5-18(6-4-17)10-11-22(23,14-24)15-25/h2-6,8,12-13,24-25H,7,9-11,14-15,23H2,1H3. The highest BCUT2D eigenvalue weighted by Crippen LogP contribution is 2.22. The van der Waals surface area contributed by atoms with E-state index in [1.165, 1.54) is 11.1 Å². The number of benzene rings is 2. The van der Waals surface area contributed by atoms with Gasteiger partial charge in [0.2, 0.25) is 0 Å². The van der Waals surface area contributed by atoms with Crippen molar-refractivity contribution in [2.24, 2.45) is 5.73 Å². The summed E-state index contributed by atoms with van der Waals surface area (Å²) >= 11 is 0. The minimum Gasteiger partial charge on any atom is -0.461 e. The van der Waals surface area contributed by atoms with Crippen molar-refractivity contribution in [3.63, 3.8) is 0 Å². The monoisotopic (exact) mass is 353 g/mol. The van der Waals surface area contributed by atoms with E-state index in [4.69, 9.17) is 10.2 Å². The Labute approximate surface area is 154 Å². The number of aliphatic hydroxyl groups is 2. The number of aliphatic hydroxyl groups excluding tert-OH is 2. The maximum Gasteiger partial charge on any atom is 0.134 e. The quantitative estimate of drug-likeness (QED) is 0.581. The number of furan rings is 1. The molecule has 3 aromatic rings. The molecule has 1 heterocycles. The van der Waals surface area contributed by atoms with Crippen LogP contribution in [0.3, 0.4) is 0 Å². The van der Waals surface area contributed by atoms with Crippen LogP contribution in [0.4, 0.5) is 0 Å². The highest BCUT2D eigenvalue weighted by molar-refractivity contribution is 5.78. The highest BCUT2D eigenvalue weighted by Gasteiger charge is 2.22. The van der Waals surface area contributed by atoms with Gasteiger partial charge in [-0.05, 0) is 55.0 Å². The van der Waals surface area contributed by atoms with E-state index >= 15 is 0 Å². The summed E-state index contributed by atoms with van der Waals surface area (Å²) in [5.74, 6) is 1.01. The number of hydrogen-bond donors (Lipinski definition) is 3. The van der Waals surface area contributed by atoms with Gasteiger partial charge in [0, 0.05) is 11.8 Å². The lowest BCUT2D eigenvalue weighted by atomic mass is 9.93. The lowest BCUT2D eigenvalue weighted by Gasteiger charge is -2.24. The Hall–Kier alpha value is -2.14. The average molecular weight is 353 g/mol. The molecule has 0 fully saturated rings. The van der Waals surface area contributed by atoms with Crippen LogP contribution in [0.15, 0.2) is 52.9 Å². The zero-order chi connectivity index (χ0) is 18.6. The molecule has 3 rings (SSSR count). The van der Waals surface area contributed by atoms with E-state index in [9.17, 15) is 10.2 Å². The fourth-order valence-electron chi connectivity index (χ4n) is 3.06. The number of hydrogen-bond acceptors (Lipinski definition) is 4. The van der Waals surface area contributed by atoms with Crippen molar-refractivity contribution in [2.75, 3.05) is 13.2 Å². The normalized spacial score (nSPS) is 12.0. The molecule has 0 saturated carbocycles. The van der Waals surface area contributed by atoms with Gasteiger partial charge in [0.15, 0.2) is 0 Å². The fourth-order valence-corrected chi connectivity index (χ4v) is 3.06. The zero-order valence-corrected chi connectivity index (χ0v) is 15.2. The molecule has 2 aromatic carbocycles. The highest BCUT2D eigenvalue weighted by atomic mass is 16.3. The van der Waals surface area contributed by atoms with Crippen molar-refractivity contribution < 1.29 is 14.6 Å². The molecule has 138 valence electrons. The Bertz CT molecular complexity index is 847. The molecule has 0 aliphatic heterocycles. The number of rotatable bonds is 8. The van der Waals surface area contributed by atoms with Gasteiger partial charge in [-0.2, -0.15) is 0 Å². The van der Waals surface area contributed by atoms with Crippen LogP contribution in [0.5, 0.6) is 0 Å². The maximum absolute atomic E-state index is 9.26. The van der Waals surface area contributed by atoms with Gasteiger partial charge >= 0.3 is 0 Å². The molecule has 0 spiro atoms. The predicted octanol–water partition coefficient (Wildman–Crippen LogP) is 3.14. The predicted molar refractivity (Wildman–Crippen MR) is 104 cm³/mol. The molecule has 0 unspecified atom stereocenters. The second-order valence-corrected chi connectivity index (χ2v) is 7.25. The molecule has 0 aliphatic rings. The van der Waals surface area contributed by atoms with Crippen LogP contribution in [0, 0.1) is 6.92 Å². The molecule has 0 aliphatic carbocycles. The Morgan fingerprint density at radius 1 is 0.885 bits per heavy atom. The minimum atomic E-state index is -0.904. The first-order chi connectivity index (χ1) is 12.5. The summed E-state index contributed by atoms with van der Waals surface area (Å²) in [4.78, 5) is 0. The molecule has 1 aromatic heterocycles. The summed E-state index contributed by atoms with van der Waals surface area (Å²) in [6.45, 7) is 1.65. The third-order valence-electron chi connectivity index (χ3n) is 4.95. The molecule has 4 heteroatoms. The van der Waals surface area contributed by atoms with Gasteiger partial charge in [-0.1, -0.05) is 36.4 Å². The molecule has 0 atom stereocenters. The van der Waals surface area contributed by atoms with Crippen LogP contribution in [0.2, 0.25) is 0 Å². The Morgan fingerprint density at radius 3 is 2.19 bits per heavy atom. The van der Waals surface area contributed by atoms with Crippen molar-refractivity contribution in [3.05, 3.63) is 71.0 Å². The largest absolute Gasteiger partial charge is 0.461 e. The van der Waals surface area contributed by atoms with E-state index in [0.29, 0.717) is 6.42 Å². The van der Waals surface area contributed by atoms with E-state index in [-0.39, 0.29) is 13.2 Å². The van der Waals surface area contributed by atoms with Crippen LogP contribution in [-0.4, -0.2) is 29.0 Å². The van der Waals surface area contributed by atoms with Gasteiger partial charge < -0.3 is 20.4 Å². The molecular weight excluding hydrogens is 326 g/mol. The van der Waals surface area contributed by atoms with E-state index < -0.39 is 5.54 Å². The maximum atomic E-state index is 9.26. The second-order valence-electron chi connectivity index (χ2n) is 7.25. The van der Waals surface area contributed by atoms with Crippen LogP contribution < -0.4 is 5.73 Å². The Balaban J connectivity index is 1.56. The first-order valence-corrected chi connectivity index (χ1v) is 9.09. The van der Waals surface area contributed by atoms with Gasteiger partial charge in [-0.3, -0.25) is 0 Å². The molecule has 26 heavy (non-hydrogen) atoms. The SMILES string of the molecule is Cc1ccc2cc(CCc3ccc(CCC(N)(CO)CO)cc3)oc2c1. The van der Waals surface area contributed by atoms with Crippen LogP contribution in [-0.2, 0) is 19.3 Å². The topological polar surface area (TPSA) is 79.6 Å². The first kappa shape index (κ1) is 18.6. The number of fused-ring (bicyclic) bond motifs is 1. The van der Waals surface area contributed by atoms with Crippen LogP contribution in [0.25, 0.3) is 11.0 Å². The molecule has 0 bridgehead atoms. The summed E-state index contributed by atoms with van der Waals surface area (Å²) in [6.07, 6.45) is 3.08. The number of nitrogens with two attached hydrogens (primary N) is 1. The number of aryl methyl sites for hydroxylation is 4. The van der Waals surface area contributed by atoms with E-state index in [1.807, 2.05) is 0 Å². The molecule has 0 saturated heterocycles. The fraction of sp³-hybridized carbons (Fsp3) is 0.364.